The number of hydrogen-bond acceptors (Lipinski definition) is 9. The summed E-state index contributed by atoms with van der Waals surface area (Å²) in [6.07, 6.45) is 6.58. The summed E-state index contributed by atoms with van der Waals surface area (Å²) in [7, 11) is -5.01. The summed E-state index contributed by atoms with van der Waals surface area (Å²) in [5.74, 6) is -1.41. The molecule has 2 N–H and O–H groups in total. The molecule has 0 heterocycles. The zero-order valence-electron chi connectivity index (χ0n) is 23.0. The van der Waals surface area contributed by atoms with E-state index in [1.807, 2.05) is 13.8 Å². The summed E-state index contributed by atoms with van der Waals surface area (Å²) >= 11 is 0. The molecule has 0 saturated heterocycles. The Hall–Kier alpha value is -1.33. The Morgan fingerprint density at radius 1 is 0.838 bits per heavy atom. The molecule has 0 spiro atoms. The topological polar surface area (TPSA) is 150 Å². The van der Waals surface area contributed by atoms with Crippen LogP contribution in [-0.2, 0) is 29.2 Å². The van der Waals surface area contributed by atoms with E-state index >= 15 is 0 Å². The van der Waals surface area contributed by atoms with Gasteiger partial charge in [-0.05, 0) is 48.9 Å². The average Bonchev–Trinajstić information content (AvgIpc) is 2.84. The largest absolute Gasteiger partial charge is 1.00 e. The number of ether oxygens (including phenoxy) is 2. The maximum atomic E-state index is 12.1. The molecule has 208 valence electrons. The molecule has 0 fully saturated rings. The van der Waals surface area contributed by atoms with Crippen molar-refractivity contribution in [3.8, 4) is 11.5 Å². The molecule has 3 unspecified atom stereocenters. The first-order valence-corrected chi connectivity index (χ1v) is 14.2. The van der Waals surface area contributed by atoms with E-state index in [0.717, 1.165) is 51.4 Å². The fourth-order valence-corrected chi connectivity index (χ4v) is 3.91. The van der Waals surface area contributed by atoms with Gasteiger partial charge in [0.2, 0.25) is 0 Å². The van der Waals surface area contributed by atoms with Gasteiger partial charge >= 0.3 is 41.5 Å². The van der Waals surface area contributed by atoms with Crippen LogP contribution in [0.4, 0.5) is 0 Å². The molecular formula is C26H43NaO9S. The predicted molar refractivity (Wildman–Crippen MR) is 136 cm³/mol. The Morgan fingerprint density at radius 3 is 1.59 bits per heavy atom. The van der Waals surface area contributed by atoms with Gasteiger partial charge < -0.3 is 24.2 Å². The van der Waals surface area contributed by atoms with E-state index in [9.17, 15) is 22.6 Å². The van der Waals surface area contributed by atoms with Crippen LogP contribution in [0.3, 0.4) is 0 Å². The molecular weight excluding hydrogens is 511 g/mol. The molecule has 1 rings (SSSR count). The summed E-state index contributed by atoms with van der Waals surface area (Å²) < 4.78 is 44.6. The normalized spacial score (nSPS) is 13.2. The van der Waals surface area contributed by atoms with Crippen molar-refractivity contribution in [2.45, 2.75) is 90.7 Å². The monoisotopic (exact) mass is 554 g/mol. The molecule has 0 aliphatic rings. The van der Waals surface area contributed by atoms with E-state index in [1.54, 1.807) is 0 Å². The van der Waals surface area contributed by atoms with Gasteiger partial charge in [-0.1, -0.05) is 66.2 Å². The maximum absolute atomic E-state index is 12.1. The van der Waals surface area contributed by atoms with Crippen LogP contribution in [0.15, 0.2) is 24.3 Å². The van der Waals surface area contributed by atoms with Crippen LogP contribution in [0.25, 0.3) is 0 Å². The average molecular weight is 555 g/mol. The molecule has 1 aromatic carbocycles. The second-order valence-electron chi connectivity index (χ2n) is 8.85. The second kappa shape index (κ2) is 21.6. The molecule has 0 aliphatic carbocycles. The number of aromatic hydroxyl groups is 2. The molecule has 0 aliphatic heterocycles. The minimum absolute atomic E-state index is 0. The van der Waals surface area contributed by atoms with Crippen LogP contribution in [0.1, 0.15) is 85.5 Å². The molecule has 3 atom stereocenters. The number of esters is 2. The third-order valence-corrected chi connectivity index (χ3v) is 6.90. The van der Waals surface area contributed by atoms with Crippen LogP contribution < -0.4 is 29.6 Å². The van der Waals surface area contributed by atoms with Crippen molar-refractivity contribution in [3.63, 3.8) is 0 Å². The molecule has 9 nitrogen and oxygen atoms in total. The zero-order chi connectivity index (χ0) is 27.6. The molecule has 0 radical (unpaired) electrons. The molecule has 11 heteroatoms. The minimum atomic E-state index is -5.01. The maximum Gasteiger partial charge on any atom is 1.00 e. The van der Waals surface area contributed by atoms with Crippen molar-refractivity contribution in [3.05, 3.63) is 24.3 Å². The number of carbonyl (C=O) groups is 2. The SMILES string of the molecule is CCCCC(CC)COC(=O)CC(C(=O)OCC(CC)CCCC)S(=O)(=O)[O-].Oc1ccc(O)cc1.[Na+]. The Morgan fingerprint density at radius 2 is 1.24 bits per heavy atom. The van der Waals surface area contributed by atoms with Gasteiger partial charge in [-0.25, -0.2) is 8.42 Å². The van der Waals surface area contributed by atoms with Gasteiger partial charge in [0.1, 0.15) is 21.6 Å². The molecule has 0 bridgehead atoms. The smallest absolute Gasteiger partial charge is 0.747 e. The number of unbranched alkanes of at least 4 members (excludes halogenated alkanes) is 2. The number of rotatable bonds is 16. The molecule has 0 saturated carbocycles. The van der Waals surface area contributed by atoms with Crippen LogP contribution in [0.2, 0.25) is 0 Å². The number of carbonyl (C=O) groups excluding carboxylic acids is 2. The second-order valence-corrected chi connectivity index (χ2v) is 10.4. The zero-order valence-corrected chi connectivity index (χ0v) is 25.8. The van der Waals surface area contributed by atoms with Crippen molar-refractivity contribution in [1.29, 1.82) is 0 Å². The molecule has 0 aromatic heterocycles. The summed E-state index contributed by atoms with van der Waals surface area (Å²) in [5, 5.41) is 15.2. The van der Waals surface area contributed by atoms with Gasteiger partial charge in [-0.3, -0.25) is 9.59 Å². The summed E-state index contributed by atoms with van der Waals surface area (Å²) in [5.41, 5.74) is 0. The standard InChI is InChI=1S/C20H38O7S.C6H6O2.Na/c1-5-9-11-16(7-3)14-26-19(21)13-18(28(23,24)25)20(22)27-15-17(8-4)12-10-6-2;7-5-1-2-6(8)4-3-5;/h16-18H,5-15H2,1-4H3,(H,23,24,25);1-4,7-8H;/q;;+1/p-1. The third-order valence-electron chi connectivity index (χ3n) is 5.84. The van der Waals surface area contributed by atoms with Gasteiger partial charge in [-0.15, -0.1) is 0 Å². The fraction of sp³-hybridized carbons (Fsp3) is 0.692. The Bertz CT molecular complexity index is 823. The van der Waals surface area contributed by atoms with Crippen molar-refractivity contribution in [2.24, 2.45) is 11.8 Å². The minimum Gasteiger partial charge on any atom is -0.747 e. The first-order valence-electron chi connectivity index (χ1n) is 12.7. The first kappa shape index (κ1) is 37.8. The van der Waals surface area contributed by atoms with E-state index in [4.69, 9.17) is 19.7 Å². The van der Waals surface area contributed by atoms with Crippen LogP contribution in [0.5, 0.6) is 11.5 Å². The van der Waals surface area contributed by atoms with E-state index in [2.05, 4.69) is 13.8 Å². The quantitative estimate of drug-likeness (QED) is 0.135. The van der Waals surface area contributed by atoms with Crippen molar-refractivity contribution >= 4 is 22.1 Å². The summed E-state index contributed by atoms with van der Waals surface area (Å²) in [4.78, 5) is 24.1. The molecule has 37 heavy (non-hydrogen) atoms. The van der Waals surface area contributed by atoms with E-state index in [0.29, 0.717) is 0 Å². The van der Waals surface area contributed by atoms with Gasteiger partial charge in [-0.2, -0.15) is 0 Å². The number of hydrogen-bond donors (Lipinski definition) is 2. The summed E-state index contributed by atoms with van der Waals surface area (Å²) in [6.45, 7) is 8.26. The number of phenols is 2. The van der Waals surface area contributed by atoms with Gasteiger partial charge in [0.05, 0.1) is 19.6 Å². The molecule has 1 aromatic rings. The number of phenolic OH excluding ortho intramolecular Hbond substituents is 2. The van der Waals surface area contributed by atoms with Crippen molar-refractivity contribution in [1.82, 2.24) is 0 Å². The van der Waals surface area contributed by atoms with Gasteiger partial charge in [0.15, 0.2) is 5.25 Å². The van der Waals surface area contributed by atoms with Gasteiger partial charge in [0, 0.05) is 0 Å². The summed E-state index contributed by atoms with van der Waals surface area (Å²) in [6, 6.07) is 5.70. The number of benzene rings is 1. The first-order chi connectivity index (χ1) is 17.0. The van der Waals surface area contributed by atoms with Crippen molar-refractivity contribution in [2.75, 3.05) is 13.2 Å². The third kappa shape index (κ3) is 18.5. The van der Waals surface area contributed by atoms with Gasteiger partial charge in [0.25, 0.3) is 0 Å². The van der Waals surface area contributed by atoms with Crippen LogP contribution >= 0.6 is 0 Å². The Balaban J connectivity index is 0. The van der Waals surface area contributed by atoms with Crippen LogP contribution in [-0.4, -0.2) is 53.6 Å². The predicted octanol–water partition coefficient (Wildman–Crippen LogP) is 1.91. The van der Waals surface area contributed by atoms with E-state index < -0.39 is 33.7 Å². The van der Waals surface area contributed by atoms with E-state index in [1.165, 1.54) is 24.3 Å². The Kier molecular flexibility index (Phi) is 22.1. The van der Waals surface area contributed by atoms with E-state index in [-0.39, 0.29) is 66.1 Å². The Labute approximate surface area is 244 Å². The molecule has 0 amide bonds. The van der Waals surface area contributed by atoms with Crippen LogP contribution in [0, 0.1) is 11.8 Å². The van der Waals surface area contributed by atoms with Crippen molar-refractivity contribution < 1.29 is 71.8 Å². The fourth-order valence-electron chi connectivity index (χ4n) is 3.27.